The van der Waals surface area contributed by atoms with Crippen molar-refractivity contribution in [2.45, 2.75) is 25.4 Å². The van der Waals surface area contributed by atoms with Gasteiger partial charge in [-0.3, -0.25) is 9.97 Å². The average molecular weight is 533 g/mol. The highest BCUT2D eigenvalue weighted by atomic mass is 19.3. The normalized spacial score (nSPS) is 15.7. The van der Waals surface area contributed by atoms with Crippen LogP contribution in [0.2, 0.25) is 0 Å². The molecule has 0 aliphatic carbocycles. The van der Waals surface area contributed by atoms with Crippen molar-refractivity contribution in [1.29, 1.82) is 0 Å². The van der Waals surface area contributed by atoms with Gasteiger partial charge in [0.15, 0.2) is 5.82 Å². The molecule has 0 spiro atoms. The maximum Gasteiger partial charge on any atom is 0.333 e. The molecule has 5 aromatic rings. The first-order valence-electron chi connectivity index (χ1n) is 12.3. The number of pyridine rings is 1. The number of aromatic nitrogens is 7. The zero-order valence-corrected chi connectivity index (χ0v) is 20.5. The molecule has 0 unspecified atom stereocenters. The number of piperidine rings is 1. The first-order chi connectivity index (χ1) is 18.9. The van der Waals surface area contributed by atoms with Crippen LogP contribution in [0.3, 0.4) is 0 Å². The Hall–Kier alpha value is -4.65. The monoisotopic (exact) mass is 532 g/mol. The minimum absolute atomic E-state index is 0.00840. The van der Waals surface area contributed by atoms with E-state index in [0.717, 1.165) is 25.1 Å². The van der Waals surface area contributed by atoms with E-state index in [1.807, 2.05) is 6.07 Å². The minimum atomic E-state index is -2.74. The third-order valence-corrected chi connectivity index (χ3v) is 6.50. The summed E-state index contributed by atoms with van der Waals surface area (Å²) in [5.74, 6) is 0.508. The number of hydrogen-bond acceptors (Lipinski definition) is 9. The molecule has 3 N–H and O–H groups in total. The zero-order valence-electron chi connectivity index (χ0n) is 20.5. The van der Waals surface area contributed by atoms with Crippen molar-refractivity contribution in [3.8, 4) is 22.5 Å². The number of rotatable bonds is 6. The number of nitrogens with two attached hydrogens (primary N) is 1. The molecular weight excluding hydrogens is 509 g/mol. The fourth-order valence-electron chi connectivity index (χ4n) is 4.66. The smallest absolute Gasteiger partial charge is 0.333 e. The Morgan fingerprint density at radius 3 is 2.54 bits per heavy atom. The molecule has 198 valence electrons. The lowest BCUT2D eigenvalue weighted by Crippen LogP contribution is -2.43. The van der Waals surface area contributed by atoms with E-state index in [9.17, 15) is 13.2 Å². The van der Waals surface area contributed by atoms with Crippen molar-refractivity contribution in [2.75, 3.05) is 23.3 Å². The van der Waals surface area contributed by atoms with Crippen molar-refractivity contribution >= 4 is 28.4 Å². The van der Waals surface area contributed by atoms with Gasteiger partial charge in [0, 0.05) is 79.1 Å². The van der Waals surface area contributed by atoms with E-state index in [2.05, 4.69) is 40.2 Å². The van der Waals surface area contributed by atoms with Crippen LogP contribution in [-0.2, 0) is 0 Å². The molecule has 6 rings (SSSR count). The molecule has 1 aliphatic heterocycles. The average Bonchev–Trinajstić information content (AvgIpc) is 3.44. The molecule has 1 saturated heterocycles. The summed E-state index contributed by atoms with van der Waals surface area (Å²) in [6, 6.07) is 6.31. The second-order valence-electron chi connectivity index (χ2n) is 9.19. The molecule has 1 atom stereocenters. The number of alkyl halides is 2. The van der Waals surface area contributed by atoms with Gasteiger partial charge >= 0.3 is 6.55 Å². The number of nitrogens with one attached hydrogen (secondary N) is 1. The molecule has 0 amide bonds. The number of hydrogen-bond donors (Lipinski definition) is 2. The van der Waals surface area contributed by atoms with E-state index in [1.165, 1.54) is 37.1 Å². The second kappa shape index (κ2) is 10.3. The number of fused-ring (bicyclic) bond motifs is 1. The lowest BCUT2D eigenvalue weighted by Gasteiger charge is -2.34. The van der Waals surface area contributed by atoms with Crippen molar-refractivity contribution in [2.24, 2.45) is 5.73 Å². The number of nitrogens with zero attached hydrogens (tertiary/aromatic N) is 8. The van der Waals surface area contributed by atoms with Crippen LogP contribution in [0, 0.1) is 5.82 Å². The predicted octanol–water partition coefficient (Wildman–Crippen LogP) is 4.55. The molecule has 0 bridgehead atoms. The molecule has 0 radical (unpaired) electrons. The summed E-state index contributed by atoms with van der Waals surface area (Å²) in [5.41, 5.74) is 9.33. The van der Waals surface area contributed by atoms with Gasteiger partial charge in [-0.1, -0.05) is 0 Å². The standard InChI is InChI=1S/C26H23F3N10/c27-19-9-21-20(31-5-6-32-21)8-17(19)25-33-4-3-23(37-25)36-24-10-22(38-7-1-2-16(30)14-38)18(12-34-24)15-11-35-39(13-15)26(28)29/h3-6,8-13,16,26H,1-2,7,14,30H2,(H,33,34,36,37)/t16-/m0/s1. The van der Waals surface area contributed by atoms with Crippen LogP contribution in [-0.4, -0.2) is 53.8 Å². The van der Waals surface area contributed by atoms with Crippen LogP contribution in [0.4, 0.5) is 30.5 Å². The van der Waals surface area contributed by atoms with Gasteiger partial charge in [-0.25, -0.2) is 24.0 Å². The van der Waals surface area contributed by atoms with Gasteiger partial charge in [0.2, 0.25) is 0 Å². The Bertz CT molecular complexity index is 1640. The van der Waals surface area contributed by atoms with Crippen LogP contribution < -0.4 is 16.0 Å². The van der Waals surface area contributed by atoms with Crippen molar-refractivity contribution in [3.05, 3.63) is 67.3 Å². The summed E-state index contributed by atoms with van der Waals surface area (Å²) in [5, 5.41) is 6.92. The summed E-state index contributed by atoms with van der Waals surface area (Å²) in [4.78, 5) is 23.7. The number of halogens is 3. The van der Waals surface area contributed by atoms with Gasteiger partial charge in [0.05, 0.1) is 22.8 Å². The van der Waals surface area contributed by atoms with Crippen LogP contribution >= 0.6 is 0 Å². The van der Waals surface area contributed by atoms with E-state index in [1.54, 1.807) is 18.3 Å². The highest BCUT2D eigenvalue weighted by molar-refractivity contribution is 5.81. The third-order valence-electron chi connectivity index (χ3n) is 6.50. The molecule has 1 aliphatic rings. The molecule has 0 saturated carbocycles. The maximum absolute atomic E-state index is 14.9. The highest BCUT2D eigenvalue weighted by Gasteiger charge is 2.22. The van der Waals surface area contributed by atoms with E-state index >= 15 is 0 Å². The fourth-order valence-corrected chi connectivity index (χ4v) is 4.66. The summed E-state index contributed by atoms with van der Waals surface area (Å²) < 4.78 is 41.8. The van der Waals surface area contributed by atoms with Crippen LogP contribution in [0.1, 0.15) is 19.4 Å². The SMILES string of the molecule is N[C@H]1CCCN(c2cc(Nc3ccnc(-c4cc5nccnc5cc4F)n3)ncc2-c2cnn(C(F)F)c2)C1. The Labute approximate surface area is 220 Å². The van der Waals surface area contributed by atoms with E-state index < -0.39 is 12.4 Å². The first-order valence-corrected chi connectivity index (χ1v) is 12.3. The summed E-state index contributed by atoms with van der Waals surface area (Å²) in [7, 11) is 0. The molecule has 1 fully saturated rings. The molecular formula is C26H23F3N10. The van der Waals surface area contributed by atoms with Crippen molar-refractivity contribution in [3.63, 3.8) is 0 Å². The molecule has 10 nitrogen and oxygen atoms in total. The van der Waals surface area contributed by atoms with Crippen molar-refractivity contribution in [1.82, 2.24) is 34.7 Å². The summed E-state index contributed by atoms with van der Waals surface area (Å²) >= 11 is 0. The number of anilines is 3. The summed E-state index contributed by atoms with van der Waals surface area (Å²) in [6.07, 6.45) is 10.6. The lowest BCUT2D eigenvalue weighted by atomic mass is 10.0. The predicted molar refractivity (Wildman–Crippen MR) is 140 cm³/mol. The highest BCUT2D eigenvalue weighted by Crippen LogP contribution is 2.35. The molecule has 13 heteroatoms. The first kappa shape index (κ1) is 24.7. The molecule has 4 aromatic heterocycles. The fraction of sp³-hybridized carbons (Fsp3) is 0.231. The second-order valence-corrected chi connectivity index (χ2v) is 9.19. The van der Waals surface area contributed by atoms with Gasteiger partial charge in [0.1, 0.15) is 17.5 Å². The van der Waals surface area contributed by atoms with Crippen LogP contribution in [0.15, 0.2) is 61.4 Å². The van der Waals surface area contributed by atoms with E-state index in [-0.39, 0.29) is 17.4 Å². The third kappa shape index (κ3) is 5.08. The van der Waals surface area contributed by atoms with Gasteiger partial charge in [-0.2, -0.15) is 13.9 Å². The Morgan fingerprint density at radius 2 is 1.77 bits per heavy atom. The quantitative estimate of drug-likeness (QED) is 0.324. The number of benzene rings is 1. The molecule has 1 aromatic carbocycles. The van der Waals surface area contributed by atoms with E-state index in [4.69, 9.17) is 5.73 Å². The largest absolute Gasteiger partial charge is 0.369 e. The van der Waals surface area contributed by atoms with E-state index in [0.29, 0.717) is 45.0 Å². The van der Waals surface area contributed by atoms with Crippen LogP contribution in [0.5, 0.6) is 0 Å². The zero-order chi connectivity index (χ0) is 26.9. The lowest BCUT2D eigenvalue weighted by molar-refractivity contribution is 0.0566. The van der Waals surface area contributed by atoms with Crippen LogP contribution in [0.25, 0.3) is 33.5 Å². The topological polar surface area (TPSA) is 124 Å². The van der Waals surface area contributed by atoms with Gasteiger partial charge < -0.3 is 16.0 Å². The molecule has 5 heterocycles. The Balaban J connectivity index is 1.34. The van der Waals surface area contributed by atoms with Crippen molar-refractivity contribution < 1.29 is 13.2 Å². The minimum Gasteiger partial charge on any atom is -0.369 e. The van der Waals surface area contributed by atoms with Gasteiger partial charge in [-0.05, 0) is 25.0 Å². The molecule has 39 heavy (non-hydrogen) atoms. The van der Waals surface area contributed by atoms with Gasteiger partial charge in [-0.15, -0.1) is 0 Å². The summed E-state index contributed by atoms with van der Waals surface area (Å²) in [6.45, 7) is -1.37. The van der Waals surface area contributed by atoms with Gasteiger partial charge in [0.25, 0.3) is 0 Å². The Kier molecular flexibility index (Phi) is 6.49. The maximum atomic E-state index is 14.9. The Morgan fingerprint density at radius 1 is 0.949 bits per heavy atom.